The van der Waals surface area contributed by atoms with E-state index in [-0.39, 0.29) is 24.0 Å². The van der Waals surface area contributed by atoms with Crippen molar-refractivity contribution in [2.75, 3.05) is 5.32 Å². The summed E-state index contributed by atoms with van der Waals surface area (Å²) in [4.78, 5) is 16.8. The molecule has 1 aromatic heterocycles. The van der Waals surface area contributed by atoms with Gasteiger partial charge in [-0.15, -0.1) is 0 Å². The predicted molar refractivity (Wildman–Crippen MR) is 132 cm³/mol. The molecule has 0 aliphatic carbocycles. The van der Waals surface area contributed by atoms with Crippen LogP contribution in [0.4, 0.5) is 24.8 Å². The maximum atomic E-state index is 13.3. The maximum Gasteiger partial charge on any atom is 0.416 e. The van der Waals surface area contributed by atoms with Crippen LogP contribution in [-0.2, 0) is 12.7 Å². The molecule has 0 aliphatic heterocycles. The van der Waals surface area contributed by atoms with Crippen LogP contribution >= 0.6 is 23.2 Å². The van der Waals surface area contributed by atoms with Crippen molar-refractivity contribution in [2.24, 2.45) is 0 Å². The highest BCUT2D eigenvalue weighted by atomic mass is 35.5. The molecule has 3 aromatic carbocycles. The fourth-order valence-electron chi connectivity index (χ4n) is 3.53. The first-order chi connectivity index (χ1) is 16.5. The number of nitrogens with one attached hydrogen (secondary N) is 1. The zero-order chi connectivity index (χ0) is 25.3. The molecular formula is C25H20Cl2F3N3O2. The minimum Gasteiger partial charge on any atom is -0.489 e. The molecule has 35 heavy (non-hydrogen) atoms. The number of halogens is 5. The zero-order valence-electron chi connectivity index (χ0n) is 18.7. The van der Waals surface area contributed by atoms with Crippen LogP contribution in [0.25, 0.3) is 10.9 Å². The number of hydrogen-bond donors (Lipinski definition) is 1. The van der Waals surface area contributed by atoms with Crippen molar-refractivity contribution in [3.05, 3.63) is 92.2 Å². The molecule has 0 amide bonds. The van der Waals surface area contributed by atoms with Crippen molar-refractivity contribution in [3.63, 3.8) is 0 Å². The molecule has 5 nitrogen and oxygen atoms in total. The quantitative estimate of drug-likeness (QED) is 0.289. The van der Waals surface area contributed by atoms with E-state index < -0.39 is 17.3 Å². The first kappa shape index (κ1) is 24.9. The van der Waals surface area contributed by atoms with Gasteiger partial charge in [0.2, 0.25) is 5.95 Å². The summed E-state index contributed by atoms with van der Waals surface area (Å²) < 4.78 is 47.1. The molecule has 10 heteroatoms. The van der Waals surface area contributed by atoms with Gasteiger partial charge >= 0.3 is 6.18 Å². The third kappa shape index (κ3) is 5.71. The second kappa shape index (κ2) is 9.79. The molecule has 4 rings (SSSR count). The fraction of sp³-hybridized carbons (Fsp3) is 0.200. The van der Waals surface area contributed by atoms with E-state index in [1.807, 2.05) is 13.8 Å². The Morgan fingerprint density at radius 2 is 1.74 bits per heavy atom. The molecule has 0 aliphatic rings. The number of alkyl halides is 3. The third-order valence-corrected chi connectivity index (χ3v) is 5.66. The Morgan fingerprint density at radius 1 is 1.03 bits per heavy atom. The number of ether oxygens (including phenoxy) is 1. The van der Waals surface area contributed by atoms with Crippen molar-refractivity contribution in [1.29, 1.82) is 0 Å². The predicted octanol–water partition coefficient (Wildman–Crippen LogP) is 7.30. The van der Waals surface area contributed by atoms with Gasteiger partial charge in [-0.2, -0.15) is 18.2 Å². The molecule has 0 radical (unpaired) electrons. The summed E-state index contributed by atoms with van der Waals surface area (Å²) >= 11 is 12.3. The first-order valence-corrected chi connectivity index (χ1v) is 11.4. The second-order valence-corrected chi connectivity index (χ2v) is 8.96. The highest BCUT2D eigenvalue weighted by Crippen LogP contribution is 2.33. The first-order valence-electron chi connectivity index (χ1n) is 10.6. The fourth-order valence-corrected chi connectivity index (χ4v) is 3.89. The lowest BCUT2D eigenvalue weighted by Crippen LogP contribution is -2.19. The van der Waals surface area contributed by atoms with Crippen LogP contribution in [0.3, 0.4) is 0 Å². The van der Waals surface area contributed by atoms with Gasteiger partial charge in [-0.05, 0) is 67.9 Å². The second-order valence-electron chi connectivity index (χ2n) is 8.12. The van der Waals surface area contributed by atoms with E-state index in [2.05, 4.69) is 10.3 Å². The van der Waals surface area contributed by atoms with Crippen molar-refractivity contribution in [1.82, 2.24) is 9.55 Å². The maximum absolute atomic E-state index is 13.3. The minimum atomic E-state index is -4.59. The van der Waals surface area contributed by atoms with Gasteiger partial charge < -0.3 is 14.6 Å². The molecule has 182 valence electrons. The average molecular weight is 522 g/mol. The minimum absolute atomic E-state index is 0.0698. The molecule has 4 aromatic rings. The average Bonchev–Trinajstić information content (AvgIpc) is 2.78. The standard InChI is InChI=1S/C25H20Cl2F3N3O2/c1-14(2)35-22-10-8-18(12-20(22)27)31-24-32-23(34)19-11-16(25(28,29)30)5-9-21(19)33(24)13-15-3-6-17(26)7-4-15/h3-12,14H,13H2,1-2H3,(H,31,32,34). The van der Waals surface area contributed by atoms with E-state index in [0.717, 1.165) is 17.7 Å². The van der Waals surface area contributed by atoms with Crippen LogP contribution in [0.2, 0.25) is 10.0 Å². The molecular weight excluding hydrogens is 502 g/mol. The molecule has 0 fully saturated rings. The van der Waals surface area contributed by atoms with Gasteiger partial charge in [0.1, 0.15) is 5.75 Å². The molecule has 0 bridgehead atoms. The highest BCUT2D eigenvalue weighted by molar-refractivity contribution is 6.32. The number of hydrogen-bond acceptors (Lipinski definition) is 4. The largest absolute Gasteiger partial charge is 0.489 e. The smallest absolute Gasteiger partial charge is 0.416 e. The third-order valence-electron chi connectivity index (χ3n) is 5.11. The number of aromatic nitrogens is 2. The molecule has 1 N–H and O–H groups in total. The van der Waals surface area contributed by atoms with Crippen LogP contribution in [0, 0.1) is 0 Å². The van der Waals surface area contributed by atoms with Gasteiger partial charge in [0.15, 0.2) is 0 Å². The number of benzene rings is 3. The Balaban J connectivity index is 1.83. The van der Waals surface area contributed by atoms with E-state index in [1.54, 1.807) is 47.0 Å². The Kier molecular flexibility index (Phi) is 6.96. The van der Waals surface area contributed by atoms with Crippen molar-refractivity contribution in [2.45, 2.75) is 32.7 Å². The monoisotopic (exact) mass is 521 g/mol. The van der Waals surface area contributed by atoms with Gasteiger partial charge in [-0.25, -0.2) is 0 Å². The molecule has 0 saturated heterocycles. The van der Waals surface area contributed by atoms with E-state index in [1.165, 1.54) is 6.07 Å². The Hall–Kier alpha value is -3.23. The van der Waals surface area contributed by atoms with Gasteiger partial charge in [0.05, 0.1) is 34.1 Å². The summed E-state index contributed by atoms with van der Waals surface area (Å²) in [5.74, 6) is 0.641. The van der Waals surface area contributed by atoms with Crippen molar-refractivity contribution in [3.8, 4) is 5.75 Å². The van der Waals surface area contributed by atoms with Crippen molar-refractivity contribution < 1.29 is 17.9 Å². The summed E-state index contributed by atoms with van der Waals surface area (Å²) in [6.07, 6.45) is -4.66. The Labute approximate surface area is 209 Å². The Morgan fingerprint density at radius 3 is 2.37 bits per heavy atom. The van der Waals surface area contributed by atoms with Gasteiger partial charge in [-0.1, -0.05) is 35.3 Å². The summed E-state index contributed by atoms with van der Waals surface area (Å²) in [5.41, 5.74) is -0.0831. The summed E-state index contributed by atoms with van der Waals surface area (Å²) in [7, 11) is 0. The lowest BCUT2D eigenvalue weighted by molar-refractivity contribution is -0.137. The lowest BCUT2D eigenvalue weighted by Gasteiger charge is -2.19. The SMILES string of the molecule is CC(C)Oc1ccc(Nc2nc(=O)c3cc(C(F)(F)F)ccc3n2Cc2ccc(Cl)cc2)cc1Cl. The molecule has 0 unspecified atom stereocenters. The zero-order valence-corrected chi connectivity index (χ0v) is 20.2. The van der Waals surface area contributed by atoms with E-state index in [0.29, 0.717) is 27.0 Å². The Bertz CT molecular complexity index is 1440. The summed E-state index contributed by atoms with van der Waals surface area (Å²) in [6, 6.07) is 15.0. The van der Waals surface area contributed by atoms with E-state index >= 15 is 0 Å². The van der Waals surface area contributed by atoms with Crippen molar-refractivity contribution >= 4 is 45.7 Å². The molecule has 0 spiro atoms. The number of rotatable bonds is 6. The van der Waals surface area contributed by atoms with Crippen LogP contribution in [0.15, 0.2) is 65.5 Å². The number of fused-ring (bicyclic) bond motifs is 1. The van der Waals surface area contributed by atoms with Crippen LogP contribution in [-0.4, -0.2) is 15.7 Å². The summed E-state index contributed by atoms with van der Waals surface area (Å²) in [6.45, 7) is 3.97. The van der Waals surface area contributed by atoms with E-state index in [9.17, 15) is 18.0 Å². The van der Waals surface area contributed by atoms with Gasteiger partial charge in [0.25, 0.3) is 5.56 Å². The molecule has 1 heterocycles. The van der Waals surface area contributed by atoms with Crippen LogP contribution in [0.5, 0.6) is 5.75 Å². The van der Waals surface area contributed by atoms with Gasteiger partial charge in [0, 0.05) is 10.7 Å². The topological polar surface area (TPSA) is 56.1 Å². The molecule has 0 atom stereocenters. The van der Waals surface area contributed by atoms with E-state index in [4.69, 9.17) is 27.9 Å². The lowest BCUT2D eigenvalue weighted by atomic mass is 10.1. The normalized spacial score (nSPS) is 11.8. The number of anilines is 2. The van der Waals surface area contributed by atoms with Gasteiger partial charge in [-0.3, -0.25) is 4.79 Å². The van der Waals surface area contributed by atoms with Crippen LogP contribution in [0.1, 0.15) is 25.0 Å². The number of nitrogens with zero attached hydrogens (tertiary/aromatic N) is 2. The molecule has 0 saturated carbocycles. The highest BCUT2D eigenvalue weighted by Gasteiger charge is 2.31. The summed E-state index contributed by atoms with van der Waals surface area (Å²) in [5, 5.41) is 3.82. The van der Waals surface area contributed by atoms with Crippen LogP contribution < -0.4 is 15.6 Å².